The average molecular weight is 377 g/mol. The van der Waals surface area contributed by atoms with Gasteiger partial charge in [0.25, 0.3) is 0 Å². The van der Waals surface area contributed by atoms with Crippen molar-refractivity contribution in [1.29, 1.82) is 0 Å². The van der Waals surface area contributed by atoms with Crippen LogP contribution in [0.3, 0.4) is 0 Å². The van der Waals surface area contributed by atoms with Crippen LogP contribution in [0.4, 0.5) is 0 Å². The van der Waals surface area contributed by atoms with Gasteiger partial charge in [-0.25, -0.2) is 0 Å². The van der Waals surface area contributed by atoms with E-state index in [9.17, 15) is 4.79 Å². The smallest absolute Gasteiger partial charge is 0.240 e. The van der Waals surface area contributed by atoms with Gasteiger partial charge < -0.3 is 15.0 Å². The van der Waals surface area contributed by atoms with Crippen LogP contribution in [0, 0.1) is 0 Å². The van der Waals surface area contributed by atoms with Crippen molar-refractivity contribution in [3.05, 3.63) is 66.4 Å². The molecule has 1 amide bonds. The molecule has 1 unspecified atom stereocenters. The molecule has 2 heterocycles. The van der Waals surface area contributed by atoms with E-state index in [-0.39, 0.29) is 5.91 Å². The molecule has 1 fully saturated rings. The molecule has 4 rings (SSSR count). The Labute approximate surface area is 165 Å². The fraction of sp³-hybridized carbons (Fsp3) is 0.348. The molecule has 1 atom stereocenters. The third kappa shape index (κ3) is 3.76. The highest BCUT2D eigenvalue weighted by Gasteiger charge is 2.46. The van der Waals surface area contributed by atoms with Gasteiger partial charge >= 0.3 is 0 Å². The number of amides is 1. The van der Waals surface area contributed by atoms with E-state index in [0.29, 0.717) is 13.2 Å². The molecule has 1 aliphatic rings. The lowest BCUT2D eigenvalue weighted by Crippen LogP contribution is -2.66. The van der Waals surface area contributed by atoms with Crippen LogP contribution >= 0.6 is 0 Å². The Bertz CT molecular complexity index is 937. The molecular weight excluding hydrogens is 350 g/mol. The Morgan fingerprint density at radius 1 is 1.18 bits per heavy atom. The Hall–Kier alpha value is -2.79. The molecule has 1 aliphatic heterocycles. The zero-order valence-corrected chi connectivity index (χ0v) is 16.3. The molecule has 0 aliphatic carbocycles. The predicted octanol–water partition coefficient (Wildman–Crippen LogP) is 3.37. The molecule has 0 saturated carbocycles. The van der Waals surface area contributed by atoms with E-state index in [1.807, 2.05) is 55.6 Å². The first-order valence-corrected chi connectivity index (χ1v) is 9.93. The number of hydrogen-bond donors (Lipinski definition) is 2. The van der Waals surface area contributed by atoms with Crippen LogP contribution in [-0.2, 0) is 11.2 Å². The van der Waals surface area contributed by atoms with Crippen molar-refractivity contribution in [2.24, 2.45) is 0 Å². The Kier molecular flexibility index (Phi) is 5.35. The summed E-state index contributed by atoms with van der Waals surface area (Å²) in [5.41, 5.74) is 1.95. The molecule has 146 valence electrons. The lowest BCUT2D eigenvalue weighted by atomic mass is 9.85. The lowest BCUT2D eigenvalue weighted by Gasteiger charge is -2.49. The molecule has 2 aromatic carbocycles. The van der Waals surface area contributed by atoms with E-state index >= 15 is 0 Å². The summed E-state index contributed by atoms with van der Waals surface area (Å²) in [6.45, 7) is 4.94. The van der Waals surface area contributed by atoms with E-state index in [1.54, 1.807) is 0 Å². The van der Waals surface area contributed by atoms with Crippen molar-refractivity contribution in [2.45, 2.75) is 25.3 Å². The van der Waals surface area contributed by atoms with Gasteiger partial charge in [-0.3, -0.25) is 9.69 Å². The van der Waals surface area contributed by atoms with Crippen molar-refractivity contribution in [2.75, 3.05) is 26.2 Å². The third-order valence-corrected chi connectivity index (χ3v) is 5.78. The van der Waals surface area contributed by atoms with Crippen LogP contribution < -0.4 is 10.1 Å². The SMILES string of the molecule is CC1(C(=O)NCCc2c[nH]c3ccccc23)CCN1CCOc1ccccc1. The quantitative estimate of drug-likeness (QED) is 0.633. The maximum atomic E-state index is 12.8. The number of carbonyl (C=O) groups excluding carboxylic acids is 1. The van der Waals surface area contributed by atoms with Gasteiger partial charge in [-0.15, -0.1) is 0 Å². The van der Waals surface area contributed by atoms with Crippen molar-refractivity contribution < 1.29 is 9.53 Å². The zero-order chi connectivity index (χ0) is 19.4. The van der Waals surface area contributed by atoms with Crippen LogP contribution in [0.2, 0.25) is 0 Å². The second-order valence-electron chi connectivity index (χ2n) is 7.54. The highest BCUT2D eigenvalue weighted by molar-refractivity contribution is 5.87. The number of nitrogens with zero attached hydrogens (tertiary/aromatic N) is 1. The Morgan fingerprint density at radius 2 is 1.96 bits per heavy atom. The fourth-order valence-corrected chi connectivity index (χ4v) is 3.85. The minimum absolute atomic E-state index is 0.110. The first-order chi connectivity index (χ1) is 13.7. The van der Waals surface area contributed by atoms with Crippen LogP contribution in [0.15, 0.2) is 60.8 Å². The Balaban J connectivity index is 1.25. The van der Waals surface area contributed by atoms with Crippen LogP contribution in [0.25, 0.3) is 10.9 Å². The van der Waals surface area contributed by atoms with E-state index < -0.39 is 5.54 Å². The molecule has 28 heavy (non-hydrogen) atoms. The second-order valence-corrected chi connectivity index (χ2v) is 7.54. The topological polar surface area (TPSA) is 57.4 Å². The van der Waals surface area contributed by atoms with Gasteiger partial charge in [0.1, 0.15) is 12.4 Å². The molecule has 0 spiro atoms. The number of fused-ring (bicyclic) bond motifs is 1. The number of aromatic nitrogens is 1. The van der Waals surface area contributed by atoms with Gasteiger partial charge in [0.15, 0.2) is 0 Å². The number of carbonyl (C=O) groups is 1. The van der Waals surface area contributed by atoms with Crippen LogP contribution in [-0.4, -0.2) is 47.6 Å². The molecule has 1 saturated heterocycles. The highest BCUT2D eigenvalue weighted by atomic mass is 16.5. The second kappa shape index (κ2) is 8.07. The van der Waals surface area contributed by atoms with E-state index in [1.165, 1.54) is 10.9 Å². The molecule has 5 nitrogen and oxygen atoms in total. The molecule has 2 N–H and O–H groups in total. The summed E-state index contributed by atoms with van der Waals surface area (Å²) in [5.74, 6) is 0.978. The van der Waals surface area contributed by atoms with Gasteiger partial charge in [0.05, 0.1) is 5.54 Å². The van der Waals surface area contributed by atoms with E-state index in [2.05, 4.69) is 27.3 Å². The summed E-state index contributed by atoms with van der Waals surface area (Å²) in [5, 5.41) is 4.36. The minimum Gasteiger partial charge on any atom is -0.492 e. The summed E-state index contributed by atoms with van der Waals surface area (Å²) < 4.78 is 5.78. The summed E-state index contributed by atoms with van der Waals surface area (Å²) in [6, 6.07) is 18.1. The van der Waals surface area contributed by atoms with Gasteiger partial charge in [-0.2, -0.15) is 0 Å². The third-order valence-electron chi connectivity index (χ3n) is 5.78. The standard InChI is InChI=1S/C23H27N3O2/c1-23(12-14-26(23)15-16-28-19-7-3-2-4-8-19)22(27)24-13-11-18-17-25-21-10-6-5-9-20(18)21/h2-10,17,25H,11-16H2,1H3,(H,24,27). The van der Waals surface area contributed by atoms with Gasteiger partial charge in [0, 0.05) is 36.7 Å². The molecule has 5 heteroatoms. The van der Waals surface area contributed by atoms with E-state index in [0.717, 1.165) is 37.2 Å². The maximum absolute atomic E-state index is 12.8. The number of hydrogen-bond acceptors (Lipinski definition) is 3. The first-order valence-electron chi connectivity index (χ1n) is 9.93. The summed E-state index contributed by atoms with van der Waals surface area (Å²) in [4.78, 5) is 18.3. The van der Waals surface area contributed by atoms with E-state index in [4.69, 9.17) is 4.74 Å². The summed E-state index contributed by atoms with van der Waals surface area (Å²) in [7, 11) is 0. The highest BCUT2D eigenvalue weighted by Crippen LogP contribution is 2.30. The Morgan fingerprint density at radius 3 is 2.75 bits per heavy atom. The zero-order valence-electron chi connectivity index (χ0n) is 16.3. The number of likely N-dealkylation sites (tertiary alicyclic amines) is 1. The average Bonchev–Trinajstić information content (AvgIpc) is 3.13. The number of benzene rings is 2. The number of ether oxygens (including phenoxy) is 1. The molecule has 3 aromatic rings. The van der Waals surface area contributed by atoms with Gasteiger partial charge in [-0.1, -0.05) is 36.4 Å². The number of para-hydroxylation sites is 2. The van der Waals surface area contributed by atoms with Gasteiger partial charge in [-0.05, 0) is 43.5 Å². The normalized spacial score (nSPS) is 19.3. The predicted molar refractivity (Wildman–Crippen MR) is 112 cm³/mol. The molecule has 0 radical (unpaired) electrons. The number of rotatable bonds is 8. The number of H-pyrrole nitrogens is 1. The van der Waals surface area contributed by atoms with Crippen molar-refractivity contribution in [3.63, 3.8) is 0 Å². The fourth-order valence-electron chi connectivity index (χ4n) is 3.85. The van der Waals surface area contributed by atoms with Crippen molar-refractivity contribution >= 4 is 16.8 Å². The largest absolute Gasteiger partial charge is 0.492 e. The molecule has 0 bridgehead atoms. The molecular formula is C23H27N3O2. The van der Waals surface area contributed by atoms with Crippen LogP contribution in [0.1, 0.15) is 18.9 Å². The van der Waals surface area contributed by atoms with Crippen molar-refractivity contribution in [3.8, 4) is 5.75 Å². The number of aromatic amines is 1. The monoisotopic (exact) mass is 377 g/mol. The number of nitrogens with one attached hydrogen (secondary N) is 2. The first kappa shape index (κ1) is 18.6. The molecule has 1 aromatic heterocycles. The van der Waals surface area contributed by atoms with Crippen molar-refractivity contribution in [1.82, 2.24) is 15.2 Å². The maximum Gasteiger partial charge on any atom is 0.240 e. The lowest BCUT2D eigenvalue weighted by molar-refractivity contribution is -0.141. The van der Waals surface area contributed by atoms with Crippen LogP contribution in [0.5, 0.6) is 5.75 Å². The summed E-state index contributed by atoms with van der Waals surface area (Å²) in [6.07, 6.45) is 3.75. The summed E-state index contributed by atoms with van der Waals surface area (Å²) >= 11 is 0. The van der Waals surface area contributed by atoms with Gasteiger partial charge in [0.2, 0.25) is 5.91 Å². The minimum atomic E-state index is -0.430.